The molecule has 2 heterocycles. The number of carbonyl (C=O) groups excluding carboxylic acids is 2. The Kier molecular flexibility index (Phi) is 6.64. The molecule has 182 valence electrons. The van der Waals surface area contributed by atoms with Crippen molar-refractivity contribution in [1.29, 1.82) is 0 Å². The topological polar surface area (TPSA) is 99.4 Å². The number of fused-ring (bicyclic) bond motifs is 1. The van der Waals surface area contributed by atoms with E-state index in [1.54, 1.807) is 61.6 Å². The largest absolute Gasteiger partial charge is 0.444 e. The maximum Gasteiger partial charge on any atom is 0.435 e. The van der Waals surface area contributed by atoms with E-state index in [-0.39, 0.29) is 17.9 Å². The summed E-state index contributed by atoms with van der Waals surface area (Å²) in [4.78, 5) is 34.6. The molecule has 0 N–H and O–H groups in total. The lowest BCUT2D eigenvalue weighted by Crippen LogP contribution is -2.33. The smallest absolute Gasteiger partial charge is 0.435 e. The third-order valence-electron chi connectivity index (χ3n) is 4.58. The number of hydrogen-bond donors (Lipinski definition) is 0. The number of rotatable bonds is 3. The van der Waals surface area contributed by atoms with Gasteiger partial charge in [0.1, 0.15) is 28.1 Å². The number of halogens is 1. The second-order valence-electron chi connectivity index (χ2n) is 10.1. The molecule has 3 aromatic rings. The molecule has 3 rings (SSSR count). The van der Waals surface area contributed by atoms with E-state index in [9.17, 15) is 9.59 Å². The van der Waals surface area contributed by atoms with Crippen LogP contribution in [-0.4, -0.2) is 55.1 Å². The van der Waals surface area contributed by atoms with E-state index < -0.39 is 29.2 Å². The van der Waals surface area contributed by atoms with E-state index >= 15 is 4.39 Å². The molecule has 0 atom stereocenters. The summed E-state index contributed by atoms with van der Waals surface area (Å²) in [6.07, 6.45) is 1.67. The highest BCUT2D eigenvalue weighted by Gasteiger charge is 2.23. The number of nitrogens with zero attached hydrogens (tertiary/aromatic N) is 5. The first kappa shape index (κ1) is 25.1. The normalized spacial score (nSPS) is 12.0. The average Bonchev–Trinajstić information content (AvgIpc) is 3.08. The van der Waals surface area contributed by atoms with Crippen molar-refractivity contribution < 1.29 is 23.5 Å². The zero-order valence-electron chi connectivity index (χ0n) is 20.8. The highest BCUT2D eigenvalue weighted by Crippen LogP contribution is 2.27. The summed E-state index contributed by atoms with van der Waals surface area (Å²) in [6.45, 7) is 12.5. The fourth-order valence-corrected chi connectivity index (χ4v) is 3.26. The molecule has 0 fully saturated rings. The minimum atomic E-state index is -0.685. The monoisotopic (exact) mass is 471 g/mol. The lowest BCUT2D eigenvalue weighted by molar-refractivity contribution is 0.0284. The highest BCUT2D eigenvalue weighted by molar-refractivity contribution is 5.86. The maximum atomic E-state index is 15.1. The van der Waals surface area contributed by atoms with Crippen LogP contribution in [0.3, 0.4) is 0 Å². The first-order chi connectivity index (χ1) is 15.6. The fourth-order valence-electron chi connectivity index (χ4n) is 3.26. The first-order valence-electron chi connectivity index (χ1n) is 10.8. The number of ether oxygens (including phenoxy) is 2. The molecular weight excluding hydrogens is 441 g/mol. The molecule has 1 amide bonds. The summed E-state index contributed by atoms with van der Waals surface area (Å²) in [6, 6.07) is 3.12. The highest BCUT2D eigenvalue weighted by atomic mass is 19.1. The predicted molar refractivity (Wildman–Crippen MR) is 125 cm³/mol. The molecule has 1 aromatic carbocycles. The van der Waals surface area contributed by atoms with Gasteiger partial charge in [-0.05, 0) is 65.7 Å². The van der Waals surface area contributed by atoms with E-state index in [0.717, 1.165) is 4.68 Å². The van der Waals surface area contributed by atoms with Crippen molar-refractivity contribution in [2.45, 2.75) is 66.2 Å². The van der Waals surface area contributed by atoms with Gasteiger partial charge in [-0.2, -0.15) is 9.78 Å². The summed E-state index contributed by atoms with van der Waals surface area (Å²) in [5.74, 6) is -0.357. The molecule has 0 saturated heterocycles. The molecule has 10 heteroatoms. The molecule has 9 nitrogen and oxygen atoms in total. The van der Waals surface area contributed by atoms with Crippen molar-refractivity contribution in [3.05, 3.63) is 41.5 Å². The molecule has 0 bridgehead atoms. The van der Waals surface area contributed by atoms with Crippen LogP contribution in [0.2, 0.25) is 0 Å². The van der Waals surface area contributed by atoms with Crippen molar-refractivity contribution in [2.75, 3.05) is 7.05 Å². The molecule has 0 spiro atoms. The van der Waals surface area contributed by atoms with Crippen LogP contribution in [0.1, 0.15) is 52.7 Å². The number of aryl methyl sites for hydroxylation is 1. The molecule has 0 radical (unpaired) electrons. The second kappa shape index (κ2) is 9.00. The minimum Gasteiger partial charge on any atom is -0.444 e. The first-order valence-corrected chi connectivity index (χ1v) is 10.8. The molecule has 0 unspecified atom stereocenters. The summed E-state index contributed by atoms with van der Waals surface area (Å²) in [5.41, 5.74) is 0.863. The third-order valence-corrected chi connectivity index (χ3v) is 4.58. The molecule has 34 heavy (non-hydrogen) atoms. The fraction of sp³-hybridized carbons (Fsp3) is 0.458. The average molecular weight is 472 g/mol. The van der Waals surface area contributed by atoms with Gasteiger partial charge >= 0.3 is 12.2 Å². The Bertz CT molecular complexity index is 1220. The number of amides is 1. The van der Waals surface area contributed by atoms with E-state index in [1.807, 2.05) is 0 Å². The van der Waals surface area contributed by atoms with Gasteiger partial charge in [-0.15, -0.1) is 0 Å². The van der Waals surface area contributed by atoms with Crippen LogP contribution in [0.4, 0.5) is 14.0 Å². The Morgan fingerprint density at radius 2 is 1.71 bits per heavy atom. The zero-order chi connectivity index (χ0) is 25.4. The molecule has 0 aliphatic rings. The van der Waals surface area contributed by atoms with Gasteiger partial charge in [-0.25, -0.2) is 23.9 Å². The summed E-state index contributed by atoms with van der Waals surface area (Å²) >= 11 is 0. The van der Waals surface area contributed by atoms with Gasteiger partial charge < -0.3 is 14.4 Å². The van der Waals surface area contributed by atoms with Crippen molar-refractivity contribution in [3.8, 4) is 11.4 Å². The molecule has 0 saturated carbocycles. The van der Waals surface area contributed by atoms with Crippen molar-refractivity contribution >= 4 is 23.2 Å². The van der Waals surface area contributed by atoms with E-state index in [4.69, 9.17) is 9.47 Å². The second-order valence-corrected chi connectivity index (χ2v) is 10.1. The molecule has 0 aliphatic heterocycles. The Labute approximate surface area is 197 Å². The van der Waals surface area contributed by atoms with Crippen LogP contribution in [0.5, 0.6) is 0 Å². The van der Waals surface area contributed by atoms with Crippen LogP contribution in [0, 0.1) is 12.7 Å². The summed E-state index contributed by atoms with van der Waals surface area (Å²) in [5, 5.41) is 4.04. The SMILES string of the molecule is Cc1cc(CN(C)C(=O)OC(C)(C)C)cc(F)c1-c1ncc2c(cnn2C(=O)OC(C)(C)C)n1. The zero-order valence-corrected chi connectivity index (χ0v) is 20.8. The van der Waals surface area contributed by atoms with Crippen LogP contribution >= 0.6 is 0 Å². The Hall–Kier alpha value is -3.56. The van der Waals surface area contributed by atoms with Gasteiger partial charge in [0.15, 0.2) is 5.82 Å². The molecule has 2 aromatic heterocycles. The number of hydrogen-bond acceptors (Lipinski definition) is 7. The minimum absolute atomic E-state index is 0.165. The van der Waals surface area contributed by atoms with Gasteiger partial charge in [0.25, 0.3) is 0 Å². The number of benzene rings is 1. The van der Waals surface area contributed by atoms with Crippen LogP contribution in [0.25, 0.3) is 22.4 Å². The van der Waals surface area contributed by atoms with Crippen LogP contribution in [-0.2, 0) is 16.0 Å². The summed E-state index contributed by atoms with van der Waals surface area (Å²) in [7, 11) is 1.59. The summed E-state index contributed by atoms with van der Waals surface area (Å²) < 4.78 is 26.9. The number of carbonyl (C=O) groups is 2. The maximum absolute atomic E-state index is 15.1. The Morgan fingerprint density at radius 1 is 1.06 bits per heavy atom. The number of aromatic nitrogens is 4. The van der Waals surface area contributed by atoms with Crippen molar-refractivity contribution in [3.63, 3.8) is 0 Å². The van der Waals surface area contributed by atoms with Gasteiger partial charge in [0.05, 0.1) is 18.0 Å². The quantitative estimate of drug-likeness (QED) is 0.524. The van der Waals surface area contributed by atoms with Crippen LogP contribution < -0.4 is 0 Å². The standard InChI is InChI=1S/C24H30FN5O4/c1-14-9-15(13-29(8)21(31)33-23(2,3)4)10-16(25)19(14)20-26-12-18-17(28-20)11-27-30(18)22(32)34-24(5,6)7/h9-12H,13H2,1-8H3. The third kappa shape index (κ3) is 5.86. The molecular formula is C24H30FN5O4. The lowest BCUT2D eigenvalue weighted by Gasteiger charge is -2.25. The van der Waals surface area contributed by atoms with Gasteiger partial charge in [0.2, 0.25) is 0 Å². The predicted octanol–water partition coefficient (Wildman–Crippen LogP) is 5.09. The van der Waals surface area contributed by atoms with E-state index in [1.165, 1.54) is 23.4 Å². The van der Waals surface area contributed by atoms with Crippen molar-refractivity contribution in [2.24, 2.45) is 0 Å². The van der Waals surface area contributed by atoms with E-state index in [0.29, 0.717) is 22.2 Å². The van der Waals surface area contributed by atoms with Crippen LogP contribution in [0.15, 0.2) is 24.5 Å². The Balaban J connectivity index is 1.87. The Morgan fingerprint density at radius 3 is 2.29 bits per heavy atom. The van der Waals surface area contributed by atoms with Gasteiger partial charge in [0, 0.05) is 13.6 Å². The van der Waals surface area contributed by atoms with E-state index in [2.05, 4.69) is 15.1 Å². The lowest BCUT2D eigenvalue weighted by atomic mass is 10.0. The van der Waals surface area contributed by atoms with Gasteiger partial charge in [-0.3, -0.25) is 0 Å². The van der Waals surface area contributed by atoms with Crippen molar-refractivity contribution in [1.82, 2.24) is 24.6 Å². The molecule has 0 aliphatic carbocycles. The van der Waals surface area contributed by atoms with Gasteiger partial charge in [-0.1, -0.05) is 6.07 Å².